The van der Waals surface area contributed by atoms with Crippen LogP contribution in [0.5, 0.6) is 23.1 Å². The summed E-state index contributed by atoms with van der Waals surface area (Å²) in [6.45, 7) is 2.48. The van der Waals surface area contributed by atoms with Gasteiger partial charge in [-0.1, -0.05) is 12.1 Å². The predicted molar refractivity (Wildman–Crippen MR) is 75.8 cm³/mol. The number of nitrogens with zero attached hydrogens (tertiary/aromatic N) is 2. The standard InChI is InChI=1S/C14H17N3O3/c1-4-19-10-7-5-6-8-11(10)20-14-12(18-3)13(15-2)16-9-17-14/h5-9H,4H2,1-3H3,(H,15,16,17). The van der Waals surface area contributed by atoms with E-state index in [-0.39, 0.29) is 0 Å². The fourth-order valence-electron chi connectivity index (χ4n) is 1.71. The van der Waals surface area contributed by atoms with Crippen molar-refractivity contribution in [1.82, 2.24) is 9.97 Å². The molecule has 0 unspecified atom stereocenters. The first-order valence-corrected chi connectivity index (χ1v) is 6.26. The van der Waals surface area contributed by atoms with Gasteiger partial charge in [-0.2, -0.15) is 4.98 Å². The quantitative estimate of drug-likeness (QED) is 0.874. The van der Waals surface area contributed by atoms with Crippen LogP contribution < -0.4 is 19.5 Å². The van der Waals surface area contributed by atoms with E-state index in [1.165, 1.54) is 6.33 Å². The number of rotatable bonds is 6. The van der Waals surface area contributed by atoms with Crippen molar-refractivity contribution in [2.75, 3.05) is 26.1 Å². The average Bonchev–Trinajstić information content (AvgIpc) is 2.49. The molecule has 1 aromatic heterocycles. The SMILES string of the molecule is CCOc1ccccc1Oc1ncnc(NC)c1OC. The molecule has 1 heterocycles. The summed E-state index contributed by atoms with van der Waals surface area (Å²) in [6, 6.07) is 7.40. The third-order valence-electron chi connectivity index (χ3n) is 2.57. The molecule has 0 fully saturated rings. The molecule has 20 heavy (non-hydrogen) atoms. The maximum Gasteiger partial charge on any atom is 0.268 e. The first-order chi connectivity index (χ1) is 9.80. The Bertz CT molecular complexity index is 575. The van der Waals surface area contributed by atoms with Crippen molar-refractivity contribution < 1.29 is 14.2 Å². The summed E-state index contributed by atoms with van der Waals surface area (Å²) in [5.41, 5.74) is 0. The number of ether oxygens (including phenoxy) is 3. The van der Waals surface area contributed by atoms with E-state index in [1.54, 1.807) is 14.2 Å². The van der Waals surface area contributed by atoms with E-state index in [0.29, 0.717) is 35.6 Å². The molecule has 2 aromatic rings. The molecule has 0 radical (unpaired) electrons. The Morgan fingerprint density at radius 3 is 2.55 bits per heavy atom. The zero-order chi connectivity index (χ0) is 14.4. The third kappa shape index (κ3) is 2.90. The van der Waals surface area contributed by atoms with Gasteiger partial charge in [0.2, 0.25) is 5.75 Å². The first kappa shape index (κ1) is 13.9. The maximum absolute atomic E-state index is 5.79. The second kappa shape index (κ2) is 6.60. The Balaban J connectivity index is 2.35. The minimum atomic E-state index is 0.332. The zero-order valence-electron chi connectivity index (χ0n) is 11.7. The summed E-state index contributed by atoms with van der Waals surface area (Å²) in [4.78, 5) is 8.17. The summed E-state index contributed by atoms with van der Waals surface area (Å²) >= 11 is 0. The number of hydrogen-bond acceptors (Lipinski definition) is 6. The summed E-state index contributed by atoms with van der Waals surface area (Å²) in [7, 11) is 3.30. The van der Waals surface area contributed by atoms with Gasteiger partial charge in [0.15, 0.2) is 17.3 Å². The lowest BCUT2D eigenvalue weighted by atomic mass is 10.3. The average molecular weight is 275 g/mol. The largest absolute Gasteiger partial charge is 0.490 e. The smallest absolute Gasteiger partial charge is 0.268 e. The molecule has 0 aliphatic heterocycles. The highest BCUT2D eigenvalue weighted by Gasteiger charge is 2.15. The highest BCUT2D eigenvalue weighted by molar-refractivity contribution is 5.56. The van der Waals surface area contributed by atoms with Crippen LogP contribution in [0.1, 0.15) is 6.92 Å². The number of benzene rings is 1. The number of methoxy groups -OCH3 is 1. The van der Waals surface area contributed by atoms with Gasteiger partial charge >= 0.3 is 0 Å². The lowest BCUT2D eigenvalue weighted by Crippen LogP contribution is -2.01. The monoisotopic (exact) mass is 275 g/mol. The summed E-state index contributed by atoms with van der Waals surface area (Å²) in [5, 5.41) is 2.93. The molecule has 106 valence electrons. The molecule has 0 amide bonds. The van der Waals surface area contributed by atoms with Crippen LogP contribution in [0.3, 0.4) is 0 Å². The predicted octanol–water partition coefficient (Wildman–Crippen LogP) is 2.72. The van der Waals surface area contributed by atoms with E-state index in [1.807, 2.05) is 31.2 Å². The van der Waals surface area contributed by atoms with Gasteiger partial charge in [-0.05, 0) is 19.1 Å². The van der Waals surface area contributed by atoms with E-state index in [9.17, 15) is 0 Å². The van der Waals surface area contributed by atoms with Crippen LogP contribution in [0.25, 0.3) is 0 Å². The van der Waals surface area contributed by atoms with Crippen molar-refractivity contribution in [3.05, 3.63) is 30.6 Å². The molecule has 1 N–H and O–H groups in total. The molecule has 1 aromatic carbocycles. The second-order valence-corrected chi connectivity index (χ2v) is 3.79. The van der Waals surface area contributed by atoms with E-state index in [4.69, 9.17) is 14.2 Å². The van der Waals surface area contributed by atoms with Crippen molar-refractivity contribution in [1.29, 1.82) is 0 Å². The highest BCUT2D eigenvalue weighted by atomic mass is 16.5. The molecule has 0 spiro atoms. The number of para-hydroxylation sites is 2. The van der Waals surface area contributed by atoms with Gasteiger partial charge in [0.05, 0.1) is 13.7 Å². The number of aromatic nitrogens is 2. The Labute approximate surface area is 117 Å². The Kier molecular flexibility index (Phi) is 4.60. The van der Waals surface area contributed by atoms with Gasteiger partial charge in [0.1, 0.15) is 6.33 Å². The fraction of sp³-hybridized carbons (Fsp3) is 0.286. The minimum absolute atomic E-state index is 0.332. The molecular formula is C14H17N3O3. The van der Waals surface area contributed by atoms with Gasteiger partial charge < -0.3 is 19.5 Å². The van der Waals surface area contributed by atoms with E-state index < -0.39 is 0 Å². The van der Waals surface area contributed by atoms with Gasteiger partial charge in [-0.25, -0.2) is 4.98 Å². The summed E-state index contributed by atoms with van der Waals surface area (Å²) < 4.78 is 16.6. The molecule has 6 nitrogen and oxygen atoms in total. The molecule has 0 aliphatic carbocycles. The molecule has 0 atom stereocenters. The molecule has 6 heteroatoms. The summed E-state index contributed by atoms with van der Waals surface area (Å²) in [5.74, 6) is 2.57. The van der Waals surface area contributed by atoms with Crippen LogP contribution in [0.15, 0.2) is 30.6 Å². The zero-order valence-corrected chi connectivity index (χ0v) is 11.7. The van der Waals surface area contributed by atoms with E-state index >= 15 is 0 Å². The number of anilines is 1. The van der Waals surface area contributed by atoms with Crippen molar-refractivity contribution in [2.45, 2.75) is 6.92 Å². The molecule has 0 bridgehead atoms. The molecular weight excluding hydrogens is 258 g/mol. The topological polar surface area (TPSA) is 65.5 Å². The number of hydrogen-bond donors (Lipinski definition) is 1. The van der Waals surface area contributed by atoms with Crippen molar-refractivity contribution in [2.24, 2.45) is 0 Å². The Morgan fingerprint density at radius 1 is 1.15 bits per heavy atom. The lowest BCUT2D eigenvalue weighted by Gasteiger charge is -2.14. The van der Waals surface area contributed by atoms with Crippen LogP contribution >= 0.6 is 0 Å². The van der Waals surface area contributed by atoms with Gasteiger partial charge in [-0.15, -0.1) is 0 Å². The van der Waals surface area contributed by atoms with E-state index in [0.717, 1.165) is 0 Å². The van der Waals surface area contributed by atoms with Crippen molar-refractivity contribution in [3.8, 4) is 23.1 Å². The normalized spacial score (nSPS) is 9.95. The van der Waals surface area contributed by atoms with Gasteiger partial charge in [-0.3, -0.25) is 0 Å². The fourth-order valence-corrected chi connectivity index (χ4v) is 1.71. The Morgan fingerprint density at radius 2 is 1.90 bits per heavy atom. The van der Waals surface area contributed by atoms with Crippen LogP contribution in [-0.4, -0.2) is 30.7 Å². The maximum atomic E-state index is 5.79. The lowest BCUT2D eigenvalue weighted by molar-refractivity contribution is 0.313. The van der Waals surface area contributed by atoms with Crippen LogP contribution in [0, 0.1) is 0 Å². The second-order valence-electron chi connectivity index (χ2n) is 3.79. The first-order valence-electron chi connectivity index (χ1n) is 6.26. The van der Waals surface area contributed by atoms with E-state index in [2.05, 4.69) is 15.3 Å². The molecule has 0 aliphatic rings. The van der Waals surface area contributed by atoms with Crippen LogP contribution in [0.2, 0.25) is 0 Å². The van der Waals surface area contributed by atoms with Gasteiger partial charge in [0.25, 0.3) is 5.88 Å². The highest BCUT2D eigenvalue weighted by Crippen LogP contribution is 2.37. The van der Waals surface area contributed by atoms with Crippen LogP contribution in [0.4, 0.5) is 5.82 Å². The van der Waals surface area contributed by atoms with Crippen molar-refractivity contribution in [3.63, 3.8) is 0 Å². The van der Waals surface area contributed by atoms with Crippen LogP contribution in [-0.2, 0) is 0 Å². The summed E-state index contributed by atoms with van der Waals surface area (Å²) in [6.07, 6.45) is 1.41. The molecule has 0 saturated heterocycles. The van der Waals surface area contributed by atoms with Crippen molar-refractivity contribution >= 4 is 5.82 Å². The Hall–Kier alpha value is -2.50. The minimum Gasteiger partial charge on any atom is -0.490 e. The third-order valence-corrected chi connectivity index (χ3v) is 2.57. The molecule has 0 saturated carbocycles. The van der Waals surface area contributed by atoms with Gasteiger partial charge in [0, 0.05) is 7.05 Å². The number of nitrogens with one attached hydrogen (secondary N) is 1. The molecule has 2 rings (SSSR count).